The van der Waals surface area contributed by atoms with E-state index in [4.69, 9.17) is 13.1 Å². The Morgan fingerprint density at radius 2 is 0.667 bits per heavy atom. The molecule has 0 aliphatic carbocycles. The van der Waals surface area contributed by atoms with E-state index in [0.717, 1.165) is 55.7 Å². The van der Waals surface area contributed by atoms with Crippen LogP contribution in [0.1, 0.15) is 11.1 Å². The first kappa shape index (κ1) is 29.3. The van der Waals surface area contributed by atoms with Gasteiger partial charge in [0, 0.05) is 44.3 Å². The summed E-state index contributed by atoms with van der Waals surface area (Å²) in [6.45, 7) is 15.0. The molecule has 7 aromatic carbocycles. The van der Waals surface area contributed by atoms with Crippen molar-refractivity contribution >= 4 is 67.0 Å². The van der Waals surface area contributed by atoms with E-state index in [1.54, 1.807) is 0 Å². The van der Waals surface area contributed by atoms with Gasteiger partial charge >= 0.3 is 0 Å². The Balaban J connectivity index is 1.58. The number of nitrogens with zero attached hydrogens (tertiary/aromatic N) is 6. The van der Waals surface area contributed by atoms with Gasteiger partial charge in [-0.1, -0.05) is 72.8 Å². The fraction of sp³-hybridized carbons (Fsp3) is 0. The molecular formula is C42H24N6. The minimum atomic E-state index is 0.549. The summed E-state index contributed by atoms with van der Waals surface area (Å²) >= 11 is 0. The molecule has 0 aromatic heterocycles. The lowest BCUT2D eigenvalue weighted by Gasteiger charge is -2.33. The van der Waals surface area contributed by atoms with Crippen LogP contribution in [0.5, 0.6) is 0 Å². The summed E-state index contributed by atoms with van der Waals surface area (Å²) in [5.41, 5.74) is 7.60. The molecule has 7 aromatic rings. The van der Waals surface area contributed by atoms with Gasteiger partial charge < -0.3 is 9.80 Å². The number of hydrogen-bond donors (Lipinski definition) is 0. The molecule has 0 atom stereocenters. The van der Waals surface area contributed by atoms with Crippen molar-refractivity contribution < 1.29 is 0 Å². The molecule has 0 heterocycles. The second kappa shape index (κ2) is 12.5. The van der Waals surface area contributed by atoms with E-state index in [9.17, 15) is 10.5 Å². The van der Waals surface area contributed by atoms with E-state index in [0.29, 0.717) is 22.5 Å². The third-order valence-corrected chi connectivity index (χ3v) is 8.31. The summed E-state index contributed by atoms with van der Waals surface area (Å²) < 4.78 is 0. The van der Waals surface area contributed by atoms with Crippen LogP contribution >= 0.6 is 0 Å². The molecule has 0 aliphatic heterocycles. The van der Waals surface area contributed by atoms with Crippen molar-refractivity contribution in [1.82, 2.24) is 0 Å². The van der Waals surface area contributed by atoms with Gasteiger partial charge in [0.05, 0.1) is 47.8 Å². The van der Waals surface area contributed by atoms with Gasteiger partial charge in [0.1, 0.15) is 0 Å². The average molecular weight is 613 g/mol. The molecule has 222 valence electrons. The van der Waals surface area contributed by atoms with Gasteiger partial charge in [-0.3, -0.25) is 0 Å². The SMILES string of the molecule is [C-]#[N+]c1ccc(N(c2ccc([N+]#[C-])cc2)c2c3ccccc3c(N(c3ccc(C#N)cc3)c3ccc(C#N)cc3)c3ccccc23)cc1. The van der Waals surface area contributed by atoms with Gasteiger partial charge in [0.15, 0.2) is 11.4 Å². The summed E-state index contributed by atoms with van der Waals surface area (Å²) in [5, 5.41) is 23.0. The van der Waals surface area contributed by atoms with Crippen LogP contribution in [0.2, 0.25) is 0 Å². The van der Waals surface area contributed by atoms with Crippen molar-refractivity contribution in [3.05, 3.63) is 180 Å². The maximum atomic E-state index is 9.54. The Hall–Kier alpha value is -7.38. The topological polar surface area (TPSA) is 62.8 Å². The zero-order chi connectivity index (χ0) is 33.0. The highest BCUT2D eigenvalue weighted by Gasteiger charge is 2.25. The van der Waals surface area contributed by atoms with Crippen molar-refractivity contribution in [2.45, 2.75) is 0 Å². The number of fused-ring (bicyclic) bond motifs is 2. The Morgan fingerprint density at radius 1 is 0.396 bits per heavy atom. The number of hydrogen-bond acceptors (Lipinski definition) is 4. The molecule has 0 spiro atoms. The summed E-state index contributed by atoms with van der Waals surface area (Å²) in [6, 6.07) is 51.1. The molecule has 0 saturated heterocycles. The van der Waals surface area contributed by atoms with E-state index in [1.165, 1.54) is 0 Å². The Labute approximate surface area is 278 Å². The number of anilines is 6. The fourth-order valence-electron chi connectivity index (χ4n) is 6.10. The summed E-state index contributed by atoms with van der Waals surface area (Å²) in [5.74, 6) is 0. The molecule has 6 heteroatoms. The fourth-order valence-corrected chi connectivity index (χ4v) is 6.10. The number of rotatable bonds is 6. The van der Waals surface area contributed by atoms with Gasteiger partial charge in [-0.25, -0.2) is 9.69 Å². The lowest BCUT2D eigenvalue weighted by molar-refractivity contribution is 1.29. The van der Waals surface area contributed by atoms with Crippen molar-refractivity contribution in [3.63, 3.8) is 0 Å². The molecule has 0 radical (unpaired) electrons. The summed E-state index contributed by atoms with van der Waals surface area (Å²) in [7, 11) is 0. The van der Waals surface area contributed by atoms with Crippen molar-refractivity contribution in [2.75, 3.05) is 9.80 Å². The Bertz CT molecular complexity index is 2120. The van der Waals surface area contributed by atoms with Gasteiger partial charge in [-0.05, 0) is 72.8 Å². The van der Waals surface area contributed by atoms with E-state index < -0.39 is 0 Å². The third-order valence-electron chi connectivity index (χ3n) is 8.31. The van der Waals surface area contributed by atoms with Crippen LogP contribution in [0, 0.1) is 35.8 Å². The normalized spacial score (nSPS) is 10.4. The van der Waals surface area contributed by atoms with Gasteiger partial charge in [-0.2, -0.15) is 10.5 Å². The van der Waals surface area contributed by atoms with Gasteiger partial charge in [0.2, 0.25) is 0 Å². The zero-order valence-corrected chi connectivity index (χ0v) is 25.5. The molecule has 0 N–H and O–H groups in total. The quantitative estimate of drug-likeness (QED) is 0.106. The van der Waals surface area contributed by atoms with E-state index in [1.807, 2.05) is 121 Å². The van der Waals surface area contributed by atoms with Crippen LogP contribution in [-0.4, -0.2) is 0 Å². The van der Waals surface area contributed by atoms with Crippen molar-refractivity contribution in [2.24, 2.45) is 0 Å². The van der Waals surface area contributed by atoms with E-state index >= 15 is 0 Å². The lowest BCUT2D eigenvalue weighted by atomic mass is 9.95. The lowest BCUT2D eigenvalue weighted by Crippen LogP contribution is -2.14. The second-order valence-electron chi connectivity index (χ2n) is 11.0. The van der Waals surface area contributed by atoms with Crippen LogP contribution in [0.4, 0.5) is 45.5 Å². The zero-order valence-electron chi connectivity index (χ0n) is 25.5. The highest BCUT2D eigenvalue weighted by molar-refractivity contribution is 6.23. The highest BCUT2D eigenvalue weighted by Crippen LogP contribution is 2.51. The predicted octanol–water partition coefficient (Wildman–Crippen LogP) is 11.8. The van der Waals surface area contributed by atoms with Crippen molar-refractivity contribution in [1.29, 1.82) is 10.5 Å². The van der Waals surface area contributed by atoms with Gasteiger partial charge in [0.25, 0.3) is 0 Å². The molecule has 7 rings (SSSR count). The van der Waals surface area contributed by atoms with E-state index in [2.05, 4.69) is 55.9 Å². The number of benzene rings is 7. The van der Waals surface area contributed by atoms with Crippen LogP contribution in [0.3, 0.4) is 0 Å². The molecule has 0 aliphatic rings. The van der Waals surface area contributed by atoms with Crippen molar-refractivity contribution in [3.8, 4) is 12.1 Å². The summed E-state index contributed by atoms with van der Waals surface area (Å²) in [4.78, 5) is 11.6. The number of nitriles is 2. The Morgan fingerprint density at radius 3 is 0.917 bits per heavy atom. The molecular weight excluding hydrogens is 589 g/mol. The van der Waals surface area contributed by atoms with Crippen LogP contribution in [0.25, 0.3) is 31.2 Å². The average Bonchev–Trinajstić information content (AvgIpc) is 3.16. The minimum absolute atomic E-state index is 0.549. The second-order valence-corrected chi connectivity index (χ2v) is 11.0. The first-order chi connectivity index (χ1) is 23.6. The van der Waals surface area contributed by atoms with E-state index in [-0.39, 0.29) is 0 Å². The third kappa shape index (κ3) is 5.19. The largest absolute Gasteiger partial charge is 0.309 e. The molecule has 0 bridgehead atoms. The monoisotopic (exact) mass is 612 g/mol. The molecule has 0 saturated carbocycles. The van der Waals surface area contributed by atoms with Crippen LogP contribution < -0.4 is 9.80 Å². The summed E-state index contributed by atoms with van der Waals surface area (Å²) in [6.07, 6.45) is 0. The standard InChI is InChI=1S/C42H24N6/c1-45-31-15-23-35(24-16-31)48(36-25-17-32(46-2)18-26-36)42-39-9-5-3-7-37(39)41(38-8-4-6-10-40(38)42)47(33-19-11-29(27-43)12-20-33)34-21-13-30(28-44)14-22-34/h3-26H. The maximum Gasteiger partial charge on any atom is 0.187 e. The molecule has 0 unspecified atom stereocenters. The minimum Gasteiger partial charge on any atom is -0.309 e. The highest BCUT2D eigenvalue weighted by atomic mass is 15.2. The van der Waals surface area contributed by atoms with Gasteiger partial charge in [-0.15, -0.1) is 0 Å². The first-order valence-electron chi connectivity index (χ1n) is 15.1. The maximum absolute atomic E-state index is 9.54. The molecule has 48 heavy (non-hydrogen) atoms. The smallest absolute Gasteiger partial charge is 0.187 e. The molecule has 0 amide bonds. The Kier molecular flexibility index (Phi) is 7.67. The molecule has 6 nitrogen and oxygen atoms in total. The van der Waals surface area contributed by atoms with Crippen LogP contribution in [0.15, 0.2) is 146 Å². The predicted molar refractivity (Wildman–Crippen MR) is 193 cm³/mol. The molecule has 0 fully saturated rings. The van der Waals surface area contributed by atoms with Crippen LogP contribution in [-0.2, 0) is 0 Å². The first-order valence-corrected chi connectivity index (χ1v) is 15.1.